The summed E-state index contributed by atoms with van der Waals surface area (Å²) in [6.45, 7) is 2.12. The van der Waals surface area contributed by atoms with E-state index in [-0.39, 0.29) is 6.04 Å². The average molecular weight is 277 g/mol. The number of nitrogens with one attached hydrogen (secondary N) is 1. The molecule has 0 fully saturated rings. The van der Waals surface area contributed by atoms with E-state index in [4.69, 9.17) is 17.4 Å². The number of hydrazine groups is 1. The van der Waals surface area contributed by atoms with Gasteiger partial charge in [-0.25, -0.2) is 10.8 Å². The molecule has 1 heterocycles. The Morgan fingerprint density at radius 1 is 1.21 bits per heavy atom. The monoisotopic (exact) mass is 276 g/mol. The SMILES string of the molecule is CC(c1ccc(Cl)cc1)N(C)c1cccc(NN)n1. The third-order valence-corrected chi connectivity index (χ3v) is 3.43. The summed E-state index contributed by atoms with van der Waals surface area (Å²) in [5.74, 6) is 6.88. The molecule has 1 aromatic heterocycles. The average Bonchev–Trinajstić information content (AvgIpc) is 2.46. The topological polar surface area (TPSA) is 54.2 Å². The molecular formula is C14H17ClN4. The number of aromatic nitrogens is 1. The van der Waals surface area contributed by atoms with Gasteiger partial charge < -0.3 is 10.3 Å². The summed E-state index contributed by atoms with van der Waals surface area (Å²) in [5.41, 5.74) is 3.73. The number of rotatable bonds is 4. The van der Waals surface area contributed by atoms with E-state index in [1.165, 1.54) is 5.56 Å². The van der Waals surface area contributed by atoms with Crippen LogP contribution in [0.25, 0.3) is 0 Å². The molecular weight excluding hydrogens is 260 g/mol. The molecule has 0 saturated carbocycles. The van der Waals surface area contributed by atoms with Crippen LogP contribution in [0.2, 0.25) is 5.02 Å². The minimum atomic E-state index is 0.192. The second kappa shape index (κ2) is 5.91. The van der Waals surface area contributed by atoms with Crippen molar-refractivity contribution in [2.45, 2.75) is 13.0 Å². The van der Waals surface area contributed by atoms with Crippen molar-refractivity contribution < 1.29 is 0 Å². The lowest BCUT2D eigenvalue weighted by molar-refractivity contribution is 0.729. The van der Waals surface area contributed by atoms with Crippen LogP contribution >= 0.6 is 11.6 Å². The van der Waals surface area contributed by atoms with Gasteiger partial charge in [0.1, 0.15) is 11.6 Å². The molecule has 5 heteroatoms. The van der Waals surface area contributed by atoms with E-state index in [1.807, 2.05) is 49.5 Å². The van der Waals surface area contributed by atoms with Crippen molar-refractivity contribution in [1.82, 2.24) is 4.98 Å². The third kappa shape index (κ3) is 3.16. The van der Waals surface area contributed by atoms with Crippen LogP contribution in [0.5, 0.6) is 0 Å². The van der Waals surface area contributed by atoms with E-state index >= 15 is 0 Å². The van der Waals surface area contributed by atoms with E-state index < -0.39 is 0 Å². The largest absolute Gasteiger partial charge is 0.353 e. The molecule has 0 bridgehead atoms. The second-order valence-electron chi connectivity index (χ2n) is 4.36. The molecule has 0 aliphatic carbocycles. The predicted molar refractivity (Wildman–Crippen MR) is 80.3 cm³/mol. The van der Waals surface area contributed by atoms with Crippen molar-refractivity contribution in [3.05, 3.63) is 53.1 Å². The molecule has 0 aliphatic heterocycles. The molecule has 0 spiro atoms. The molecule has 2 rings (SSSR count). The highest BCUT2D eigenvalue weighted by molar-refractivity contribution is 6.30. The zero-order chi connectivity index (χ0) is 13.8. The number of nitrogen functional groups attached to an aromatic ring is 1. The van der Waals surface area contributed by atoms with Gasteiger partial charge in [0.05, 0.1) is 6.04 Å². The molecule has 1 unspecified atom stereocenters. The van der Waals surface area contributed by atoms with Crippen molar-refractivity contribution in [2.75, 3.05) is 17.4 Å². The number of nitrogens with zero attached hydrogens (tertiary/aromatic N) is 2. The molecule has 1 aromatic carbocycles. The normalized spacial score (nSPS) is 12.0. The fraction of sp³-hybridized carbons (Fsp3) is 0.214. The first-order valence-electron chi connectivity index (χ1n) is 6.04. The summed E-state index contributed by atoms with van der Waals surface area (Å²) in [6, 6.07) is 13.7. The number of nitrogens with two attached hydrogens (primary N) is 1. The standard InChI is InChI=1S/C14H17ClN4/c1-10(11-6-8-12(15)9-7-11)19(2)14-5-3-4-13(17-14)18-16/h3-10H,16H2,1-2H3,(H,17,18). The molecule has 19 heavy (non-hydrogen) atoms. The number of pyridine rings is 1. The Balaban J connectivity index is 2.22. The lowest BCUT2D eigenvalue weighted by Crippen LogP contribution is -2.23. The summed E-state index contributed by atoms with van der Waals surface area (Å²) >= 11 is 5.90. The van der Waals surface area contributed by atoms with Gasteiger partial charge in [-0.1, -0.05) is 29.8 Å². The van der Waals surface area contributed by atoms with Crippen molar-refractivity contribution in [3.8, 4) is 0 Å². The summed E-state index contributed by atoms with van der Waals surface area (Å²) in [6.07, 6.45) is 0. The van der Waals surface area contributed by atoms with Crippen LogP contribution in [0.4, 0.5) is 11.6 Å². The van der Waals surface area contributed by atoms with Crippen LogP contribution in [0.1, 0.15) is 18.5 Å². The van der Waals surface area contributed by atoms with Gasteiger partial charge in [0.25, 0.3) is 0 Å². The molecule has 0 saturated heterocycles. The predicted octanol–water partition coefficient (Wildman–Crippen LogP) is 3.22. The minimum Gasteiger partial charge on any atom is -0.353 e. The van der Waals surface area contributed by atoms with E-state index in [0.717, 1.165) is 10.8 Å². The first-order chi connectivity index (χ1) is 9.11. The Bertz CT molecular complexity index is 541. The number of anilines is 2. The van der Waals surface area contributed by atoms with Crippen LogP contribution in [0.15, 0.2) is 42.5 Å². The van der Waals surface area contributed by atoms with Gasteiger partial charge in [0.15, 0.2) is 0 Å². The maximum absolute atomic E-state index is 5.90. The van der Waals surface area contributed by atoms with Crippen LogP contribution in [-0.2, 0) is 0 Å². The molecule has 100 valence electrons. The molecule has 0 amide bonds. The maximum Gasteiger partial charge on any atom is 0.142 e. The van der Waals surface area contributed by atoms with Gasteiger partial charge in [0, 0.05) is 12.1 Å². The van der Waals surface area contributed by atoms with Gasteiger partial charge in [-0.15, -0.1) is 0 Å². The van der Waals surface area contributed by atoms with Crippen LogP contribution in [0.3, 0.4) is 0 Å². The third-order valence-electron chi connectivity index (χ3n) is 3.18. The van der Waals surface area contributed by atoms with Gasteiger partial charge in [-0.2, -0.15) is 0 Å². The van der Waals surface area contributed by atoms with Gasteiger partial charge in [-0.3, -0.25) is 0 Å². The molecule has 2 aromatic rings. The zero-order valence-electron chi connectivity index (χ0n) is 11.0. The Hall–Kier alpha value is -1.78. The first-order valence-corrected chi connectivity index (χ1v) is 6.41. The number of hydrogen-bond acceptors (Lipinski definition) is 4. The quantitative estimate of drug-likeness (QED) is 0.665. The number of hydrogen-bond donors (Lipinski definition) is 2. The van der Waals surface area contributed by atoms with Gasteiger partial charge >= 0.3 is 0 Å². The highest BCUT2D eigenvalue weighted by Crippen LogP contribution is 2.25. The molecule has 0 aliphatic rings. The Morgan fingerprint density at radius 3 is 2.53 bits per heavy atom. The van der Waals surface area contributed by atoms with Gasteiger partial charge in [0.2, 0.25) is 0 Å². The highest BCUT2D eigenvalue weighted by Gasteiger charge is 2.13. The molecule has 1 atom stereocenters. The maximum atomic E-state index is 5.90. The van der Waals surface area contributed by atoms with Crippen molar-refractivity contribution in [1.29, 1.82) is 0 Å². The summed E-state index contributed by atoms with van der Waals surface area (Å²) in [4.78, 5) is 6.51. The molecule has 4 nitrogen and oxygen atoms in total. The Labute approximate surface area is 118 Å². The second-order valence-corrected chi connectivity index (χ2v) is 4.80. The Morgan fingerprint density at radius 2 is 1.89 bits per heavy atom. The smallest absolute Gasteiger partial charge is 0.142 e. The molecule has 0 radical (unpaired) electrons. The Kier molecular flexibility index (Phi) is 4.24. The van der Waals surface area contributed by atoms with E-state index in [2.05, 4.69) is 22.2 Å². The van der Waals surface area contributed by atoms with Crippen LogP contribution < -0.4 is 16.2 Å². The van der Waals surface area contributed by atoms with Gasteiger partial charge in [-0.05, 0) is 36.8 Å². The number of halogens is 1. The van der Waals surface area contributed by atoms with Crippen molar-refractivity contribution in [2.24, 2.45) is 5.84 Å². The van der Waals surface area contributed by atoms with Crippen LogP contribution in [0, 0.1) is 0 Å². The lowest BCUT2D eigenvalue weighted by Gasteiger charge is -2.26. The van der Waals surface area contributed by atoms with E-state index in [9.17, 15) is 0 Å². The van der Waals surface area contributed by atoms with Crippen molar-refractivity contribution in [3.63, 3.8) is 0 Å². The van der Waals surface area contributed by atoms with E-state index in [1.54, 1.807) is 0 Å². The fourth-order valence-corrected chi connectivity index (χ4v) is 1.99. The summed E-state index contributed by atoms with van der Waals surface area (Å²) in [5, 5.41) is 0.742. The summed E-state index contributed by atoms with van der Waals surface area (Å²) in [7, 11) is 2.00. The summed E-state index contributed by atoms with van der Waals surface area (Å²) < 4.78 is 0. The highest BCUT2D eigenvalue weighted by atomic mass is 35.5. The van der Waals surface area contributed by atoms with E-state index in [0.29, 0.717) is 5.82 Å². The lowest BCUT2D eigenvalue weighted by atomic mass is 10.1. The van der Waals surface area contributed by atoms with Crippen LogP contribution in [-0.4, -0.2) is 12.0 Å². The minimum absolute atomic E-state index is 0.192. The first kappa shape index (κ1) is 13.6. The molecule has 3 N–H and O–H groups in total. The fourth-order valence-electron chi connectivity index (χ4n) is 1.86. The zero-order valence-corrected chi connectivity index (χ0v) is 11.7. The number of benzene rings is 1. The van der Waals surface area contributed by atoms with Crippen molar-refractivity contribution >= 4 is 23.2 Å².